The maximum atomic E-state index is 12.0. The van der Waals surface area contributed by atoms with E-state index in [-0.39, 0.29) is 5.91 Å². The summed E-state index contributed by atoms with van der Waals surface area (Å²) in [6.45, 7) is 0. The summed E-state index contributed by atoms with van der Waals surface area (Å²) in [5.41, 5.74) is 3.98. The van der Waals surface area contributed by atoms with Crippen molar-refractivity contribution in [1.29, 1.82) is 0 Å². The van der Waals surface area contributed by atoms with Crippen LogP contribution in [0.1, 0.15) is 36.0 Å². The number of aromatic nitrogens is 2. The second-order valence-corrected chi connectivity index (χ2v) is 5.74. The van der Waals surface area contributed by atoms with Crippen LogP contribution in [0.4, 0.5) is 0 Å². The molecule has 0 saturated carbocycles. The molecule has 1 atom stereocenters. The molecular formula is C17H21N3O. The van der Waals surface area contributed by atoms with E-state index in [1.165, 1.54) is 11.1 Å². The highest BCUT2D eigenvalue weighted by molar-refractivity contribution is 5.76. The molecule has 0 saturated heterocycles. The van der Waals surface area contributed by atoms with Crippen molar-refractivity contribution in [3.05, 3.63) is 53.3 Å². The van der Waals surface area contributed by atoms with Gasteiger partial charge in [-0.1, -0.05) is 24.3 Å². The van der Waals surface area contributed by atoms with Gasteiger partial charge in [-0.2, -0.15) is 5.10 Å². The molecule has 110 valence electrons. The van der Waals surface area contributed by atoms with Crippen LogP contribution in [0.3, 0.4) is 0 Å². The first-order chi connectivity index (χ1) is 10.3. The summed E-state index contributed by atoms with van der Waals surface area (Å²) in [5, 5.41) is 9.88. The van der Waals surface area contributed by atoms with Gasteiger partial charge in [0.05, 0.1) is 6.20 Å². The molecule has 0 fully saturated rings. The first-order valence-electron chi connectivity index (χ1n) is 7.65. The summed E-state index contributed by atoms with van der Waals surface area (Å²) < 4.78 is 0. The highest BCUT2D eigenvalue weighted by atomic mass is 16.1. The molecule has 0 spiro atoms. The minimum Gasteiger partial charge on any atom is -0.353 e. The smallest absolute Gasteiger partial charge is 0.220 e. The van der Waals surface area contributed by atoms with E-state index in [2.05, 4.69) is 39.8 Å². The molecule has 3 rings (SSSR count). The number of carbonyl (C=O) groups is 1. The van der Waals surface area contributed by atoms with Crippen LogP contribution in [0.15, 0.2) is 36.7 Å². The van der Waals surface area contributed by atoms with Crippen LogP contribution in [0.2, 0.25) is 0 Å². The first-order valence-corrected chi connectivity index (χ1v) is 7.65. The van der Waals surface area contributed by atoms with Gasteiger partial charge < -0.3 is 5.32 Å². The molecule has 1 amide bonds. The lowest BCUT2D eigenvalue weighted by atomic mass is 9.88. The fourth-order valence-corrected chi connectivity index (χ4v) is 2.99. The van der Waals surface area contributed by atoms with Crippen LogP contribution < -0.4 is 5.32 Å². The summed E-state index contributed by atoms with van der Waals surface area (Å²) in [7, 11) is 0. The van der Waals surface area contributed by atoms with E-state index in [1.807, 2.05) is 12.4 Å². The number of nitrogens with one attached hydrogen (secondary N) is 2. The second kappa shape index (κ2) is 6.57. The Morgan fingerprint density at radius 3 is 3.00 bits per heavy atom. The van der Waals surface area contributed by atoms with Crippen molar-refractivity contribution < 1.29 is 4.79 Å². The number of nitrogens with zero attached hydrogens (tertiary/aromatic N) is 1. The molecule has 1 aromatic heterocycles. The zero-order chi connectivity index (χ0) is 14.5. The van der Waals surface area contributed by atoms with E-state index in [1.54, 1.807) is 0 Å². The van der Waals surface area contributed by atoms with Crippen LogP contribution >= 0.6 is 0 Å². The number of aromatic amines is 1. The summed E-state index contributed by atoms with van der Waals surface area (Å²) in [6.07, 6.45) is 9.13. The highest BCUT2D eigenvalue weighted by Crippen LogP contribution is 2.21. The van der Waals surface area contributed by atoms with Gasteiger partial charge in [-0.15, -0.1) is 0 Å². The van der Waals surface area contributed by atoms with Gasteiger partial charge in [-0.25, -0.2) is 0 Å². The number of rotatable bonds is 5. The molecule has 1 aromatic carbocycles. The summed E-state index contributed by atoms with van der Waals surface area (Å²) >= 11 is 0. The van der Waals surface area contributed by atoms with Crippen molar-refractivity contribution >= 4 is 5.91 Å². The van der Waals surface area contributed by atoms with Crippen LogP contribution in [-0.4, -0.2) is 22.1 Å². The van der Waals surface area contributed by atoms with E-state index in [0.29, 0.717) is 12.5 Å². The van der Waals surface area contributed by atoms with Gasteiger partial charge in [0, 0.05) is 18.7 Å². The van der Waals surface area contributed by atoms with E-state index < -0.39 is 0 Å². The number of benzene rings is 1. The van der Waals surface area contributed by atoms with Crippen LogP contribution in [0, 0.1) is 0 Å². The van der Waals surface area contributed by atoms with E-state index in [9.17, 15) is 4.79 Å². The molecule has 2 aromatic rings. The number of amides is 1. The molecule has 2 N–H and O–H groups in total. The Hall–Kier alpha value is -2.10. The third-order valence-electron chi connectivity index (χ3n) is 4.14. The summed E-state index contributed by atoms with van der Waals surface area (Å²) in [6, 6.07) is 8.83. The molecule has 4 heteroatoms. The summed E-state index contributed by atoms with van der Waals surface area (Å²) in [5.74, 6) is 0.169. The van der Waals surface area contributed by atoms with Crippen LogP contribution in [-0.2, 0) is 24.1 Å². The van der Waals surface area contributed by atoms with Gasteiger partial charge in [0.25, 0.3) is 0 Å². The van der Waals surface area contributed by atoms with Gasteiger partial charge in [0.1, 0.15) is 0 Å². The molecule has 1 aliphatic rings. The number of fused-ring (bicyclic) bond motifs is 1. The van der Waals surface area contributed by atoms with Crippen molar-refractivity contribution in [2.45, 2.75) is 44.6 Å². The Bertz CT molecular complexity index is 592. The number of aryl methyl sites for hydroxylation is 2. The highest BCUT2D eigenvalue weighted by Gasteiger charge is 2.19. The Labute approximate surface area is 125 Å². The monoisotopic (exact) mass is 283 g/mol. The Morgan fingerprint density at radius 2 is 2.19 bits per heavy atom. The molecular weight excluding hydrogens is 262 g/mol. The molecule has 0 aliphatic heterocycles. The molecule has 21 heavy (non-hydrogen) atoms. The molecule has 1 aliphatic carbocycles. The number of H-pyrrole nitrogens is 1. The summed E-state index contributed by atoms with van der Waals surface area (Å²) in [4.78, 5) is 12.0. The van der Waals surface area contributed by atoms with Gasteiger partial charge in [0.2, 0.25) is 5.91 Å². The van der Waals surface area contributed by atoms with Crippen molar-refractivity contribution in [3.8, 4) is 0 Å². The van der Waals surface area contributed by atoms with Crippen molar-refractivity contribution in [2.24, 2.45) is 0 Å². The van der Waals surface area contributed by atoms with E-state index in [4.69, 9.17) is 0 Å². The largest absolute Gasteiger partial charge is 0.353 e. The predicted octanol–water partition coefficient (Wildman–Crippen LogP) is 2.41. The lowest BCUT2D eigenvalue weighted by Gasteiger charge is -2.25. The zero-order valence-electron chi connectivity index (χ0n) is 12.1. The van der Waals surface area contributed by atoms with Gasteiger partial charge in [0.15, 0.2) is 0 Å². The molecule has 0 radical (unpaired) electrons. The Kier molecular flexibility index (Phi) is 4.34. The SMILES string of the molecule is O=C(CCCc1cn[nH]c1)N[C@@H]1CCc2ccccc2C1. The van der Waals surface area contributed by atoms with Gasteiger partial charge >= 0.3 is 0 Å². The Morgan fingerprint density at radius 1 is 1.33 bits per heavy atom. The molecule has 0 bridgehead atoms. The number of carbonyl (C=O) groups excluding carboxylic acids is 1. The van der Waals surface area contributed by atoms with Crippen LogP contribution in [0.25, 0.3) is 0 Å². The fraction of sp³-hybridized carbons (Fsp3) is 0.412. The predicted molar refractivity (Wildman–Crippen MR) is 81.9 cm³/mol. The first kappa shape index (κ1) is 13.9. The third kappa shape index (κ3) is 3.72. The maximum absolute atomic E-state index is 12.0. The number of hydrogen-bond donors (Lipinski definition) is 2. The second-order valence-electron chi connectivity index (χ2n) is 5.74. The van der Waals surface area contributed by atoms with Crippen LogP contribution in [0.5, 0.6) is 0 Å². The topological polar surface area (TPSA) is 57.8 Å². The molecule has 4 nitrogen and oxygen atoms in total. The minimum absolute atomic E-state index is 0.169. The van der Waals surface area contributed by atoms with Crippen molar-refractivity contribution in [3.63, 3.8) is 0 Å². The molecule has 0 unspecified atom stereocenters. The maximum Gasteiger partial charge on any atom is 0.220 e. The fourth-order valence-electron chi connectivity index (χ4n) is 2.99. The van der Waals surface area contributed by atoms with E-state index in [0.717, 1.165) is 37.7 Å². The zero-order valence-corrected chi connectivity index (χ0v) is 12.1. The lowest BCUT2D eigenvalue weighted by molar-refractivity contribution is -0.121. The number of hydrogen-bond acceptors (Lipinski definition) is 2. The van der Waals surface area contributed by atoms with E-state index >= 15 is 0 Å². The van der Waals surface area contributed by atoms with Gasteiger partial charge in [-0.05, 0) is 48.8 Å². The minimum atomic E-state index is 0.169. The van der Waals surface area contributed by atoms with Crippen molar-refractivity contribution in [1.82, 2.24) is 15.5 Å². The normalized spacial score (nSPS) is 17.2. The van der Waals surface area contributed by atoms with Gasteiger partial charge in [-0.3, -0.25) is 9.89 Å². The lowest BCUT2D eigenvalue weighted by Crippen LogP contribution is -2.38. The Balaban J connectivity index is 1.43. The molecule has 1 heterocycles. The quantitative estimate of drug-likeness (QED) is 0.885. The average molecular weight is 283 g/mol. The third-order valence-corrected chi connectivity index (χ3v) is 4.14. The van der Waals surface area contributed by atoms with Crippen molar-refractivity contribution in [2.75, 3.05) is 0 Å². The average Bonchev–Trinajstić information content (AvgIpc) is 3.00. The standard InChI is InChI=1S/C17H21N3O/c21-17(7-3-4-13-11-18-19-12-13)20-16-9-8-14-5-1-2-6-15(14)10-16/h1-2,5-6,11-12,16H,3-4,7-10H2,(H,18,19)(H,20,21)/t16-/m1/s1.